The number of carbonyl (C=O) groups excluding carboxylic acids is 1. The average molecular weight is 257 g/mol. The first-order valence-corrected chi connectivity index (χ1v) is 6.47. The van der Waals surface area contributed by atoms with Crippen LogP contribution < -0.4 is 0 Å². The van der Waals surface area contributed by atoms with Gasteiger partial charge >= 0.3 is 0 Å². The molecule has 0 N–H and O–H groups in total. The van der Waals surface area contributed by atoms with Crippen molar-refractivity contribution >= 4 is 5.78 Å². The van der Waals surface area contributed by atoms with Crippen LogP contribution in [0.15, 0.2) is 36.5 Å². The fourth-order valence-electron chi connectivity index (χ4n) is 1.69. The van der Waals surface area contributed by atoms with Gasteiger partial charge in [-0.05, 0) is 24.0 Å². The molecule has 2 aromatic rings. The molecule has 1 aromatic carbocycles. The van der Waals surface area contributed by atoms with Gasteiger partial charge in [0, 0.05) is 6.42 Å². The van der Waals surface area contributed by atoms with Gasteiger partial charge in [-0.15, -0.1) is 5.10 Å². The number of para-hydroxylation sites is 1. The maximum atomic E-state index is 12.0. The summed E-state index contributed by atoms with van der Waals surface area (Å²) in [4.78, 5) is 13.5. The van der Waals surface area contributed by atoms with E-state index in [0.717, 1.165) is 12.1 Å². The smallest absolute Gasteiger partial charge is 0.184 e. The molecule has 0 atom stereocenters. The van der Waals surface area contributed by atoms with Gasteiger partial charge in [0.15, 0.2) is 5.78 Å². The van der Waals surface area contributed by atoms with Crippen molar-refractivity contribution in [1.82, 2.24) is 15.0 Å². The van der Waals surface area contributed by atoms with E-state index in [1.165, 1.54) is 11.0 Å². The molecule has 19 heavy (non-hydrogen) atoms. The maximum Gasteiger partial charge on any atom is 0.184 e. The third-order valence-electron chi connectivity index (χ3n) is 2.87. The number of hydrogen-bond acceptors (Lipinski definition) is 3. The minimum Gasteiger partial charge on any atom is -0.292 e. The lowest BCUT2D eigenvalue weighted by Gasteiger charge is -2.16. The summed E-state index contributed by atoms with van der Waals surface area (Å²) in [5.74, 6) is 0.0529. The van der Waals surface area contributed by atoms with E-state index in [2.05, 4.69) is 31.0 Å². The molecule has 4 heteroatoms. The number of hydrogen-bond donors (Lipinski definition) is 0. The molecule has 0 saturated carbocycles. The number of ketones is 1. The van der Waals surface area contributed by atoms with Gasteiger partial charge in [0.2, 0.25) is 0 Å². The van der Waals surface area contributed by atoms with Crippen LogP contribution in [0.1, 0.15) is 44.1 Å². The van der Waals surface area contributed by atoms with E-state index < -0.39 is 0 Å². The third kappa shape index (κ3) is 3.74. The second-order valence-electron chi connectivity index (χ2n) is 5.84. The summed E-state index contributed by atoms with van der Waals surface area (Å²) in [7, 11) is 0. The highest BCUT2D eigenvalue weighted by molar-refractivity contribution is 5.93. The van der Waals surface area contributed by atoms with E-state index in [1.54, 1.807) is 0 Å². The van der Waals surface area contributed by atoms with E-state index in [1.807, 2.05) is 30.3 Å². The highest BCUT2D eigenvalue weighted by Gasteiger charge is 2.16. The van der Waals surface area contributed by atoms with Crippen LogP contribution in [-0.2, 0) is 0 Å². The lowest BCUT2D eigenvalue weighted by molar-refractivity contribution is 0.0960. The molecule has 1 heterocycles. The Kier molecular flexibility index (Phi) is 3.79. The Labute approximate surface area is 113 Å². The second-order valence-corrected chi connectivity index (χ2v) is 5.84. The molecule has 0 amide bonds. The monoisotopic (exact) mass is 257 g/mol. The van der Waals surface area contributed by atoms with Crippen LogP contribution >= 0.6 is 0 Å². The van der Waals surface area contributed by atoms with Gasteiger partial charge in [-0.2, -0.15) is 9.90 Å². The molecule has 0 radical (unpaired) electrons. The Morgan fingerprint density at radius 1 is 1.21 bits per heavy atom. The SMILES string of the molecule is CC(C)(C)CCC(=O)c1cnn(-c2ccccc2)n1. The summed E-state index contributed by atoms with van der Waals surface area (Å²) in [5, 5.41) is 8.37. The van der Waals surface area contributed by atoms with Crippen LogP contribution in [0.4, 0.5) is 0 Å². The standard InChI is InChI=1S/C15H19N3O/c1-15(2,3)10-9-14(19)13-11-16-18(17-13)12-7-5-4-6-8-12/h4-8,11H,9-10H2,1-3H3. The van der Waals surface area contributed by atoms with Crippen molar-refractivity contribution in [2.45, 2.75) is 33.6 Å². The number of Topliss-reactive ketones (excluding diaryl/α,β-unsaturated/α-hetero) is 1. The highest BCUT2D eigenvalue weighted by Crippen LogP contribution is 2.21. The van der Waals surface area contributed by atoms with E-state index in [0.29, 0.717) is 12.1 Å². The minimum atomic E-state index is 0.0529. The Balaban J connectivity index is 2.07. The number of benzene rings is 1. The molecule has 0 spiro atoms. The summed E-state index contributed by atoms with van der Waals surface area (Å²) in [5.41, 5.74) is 1.45. The predicted molar refractivity (Wildman–Crippen MR) is 74.4 cm³/mol. The van der Waals surface area contributed by atoms with Crippen molar-refractivity contribution in [3.63, 3.8) is 0 Å². The summed E-state index contributed by atoms with van der Waals surface area (Å²) in [6, 6.07) is 9.58. The fraction of sp³-hybridized carbons (Fsp3) is 0.400. The molecule has 0 saturated heterocycles. The Hall–Kier alpha value is -1.97. The zero-order valence-corrected chi connectivity index (χ0v) is 11.6. The van der Waals surface area contributed by atoms with Gasteiger partial charge in [0.1, 0.15) is 5.69 Å². The normalized spacial score (nSPS) is 11.5. The number of carbonyl (C=O) groups is 1. The predicted octanol–water partition coefficient (Wildman–Crippen LogP) is 3.28. The van der Waals surface area contributed by atoms with Gasteiger partial charge in [0.05, 0.1) is 11.9 Å². The zero-order valence-electron chi connectivity index (χ0n) is 11.6. The van der Waals surface area contributed by atoms with Crippen LogP contribution in [0.25, 0.3) is 5.69 Å². The molecule has 0 aliphatic rings. The van der Waals surface area contributed by atoms with Crippen molar-refractivity contribution in [2.24, 2.45) is 5.41 Å². The number of aromatic nitrogens is 3. The van der Waals surface area contributed by atoms with Gasteiger partial charge < -0.3 is 0 Å². The maximum absolute atomic E-state index is 12.0. The molecule has 1 aromatic heterocycles. The first-order chi connectivity index (χ1) is 8.96. The molecule has 2 rings (SSSR count). The molecular formula is C15H19N3O. The lowest BCUT2D eigenvalue weighted by Crippen LogP contribution is -2.10. The van der Waals surface area contributed by atoms with E-state index in [9.17, 15) is 4.79 Å². The lowest BCUT2D eigenvalue weighted by atomic mass is 9.89. The topological polar surface area (TPSA) is 47.8 Å². The van der Waals surface area contributed by atoms with Crippen LogP contribution in [0.2, 0.25) is 0 Å². The van der Waals surface area contributed by atoms with Gasteiger partial charge in [-0.3, -0.25) is 4.79 Å². The zero-order chi connectivity index (χ0) is 13.9. The van der Waals surface area contributed by atoms with Crippen molar-refractivity contribution in [3.8, 4) is 5.69 Å². The van der Waals surface area contributed by atoms with Gasteiger partial charge in [-0.1, -0.05) is 39.0 Å². The molecule has 4 nitrogen and oxygen atoms in total. The Morgan fingerprint density at radius 2 is 1.89 bits per heavy atom. The Bertz CT molecular complexity index is 552. The highest BCUT2D eigenvalue weighted by atomic mass is 16.1. The van der Waals surface area contributed by atoms with E-state index in [-0.39, 0.29) is 11.2 Å². The second kappa shape index (κ2) is 5.34. The quantitative estimate of drug-likeness (QED) is 0.790. The minimum absolute atomic E-state index is 0.0529. The summed E-state index contributed by atoms with van der Waals surface area (Å²) >= 11 is 0. The molecule has 0 unspecified atom stereocenters. The van der Waals surface area contributed by atoms with Crippen molar-refractivity contribution in [2.75, 3.05) is 0 Å². The summed E-state index contributed by atoms with van der Waals surface area (Å²) in [6.45, 7) is 6.38. The Morgan fingerprint density at radius 3 is 2.53 bits per heavy atom. The molecule has 0 aliphatic carbocycles. The van der Waals surface area contributed by atoms with Gasteiger partial charge in [0.25, 0.3) is 0 Å². The van der Waals surface area contributed by atoms with Crippen LogP contribution in [-0.4, -0.2) is 20.8 Å². The molecular weight excluding hydrogens is 238 g/mol. The fourth-order valence-corrected chi connectivity index (χ4v) is 1.69. The molecule has 0 bridgehead atoms. The van der Waals surface area contributed by atoms with E-state index in [4.69, 9.17) is 0 Å². The van der Waals surface area contributed by atoms with Crippen LogP contribution in [0.5, 0.6) is 0 Å². The van der Waals surface area contributed by atoms with E-state index >= 15 is 0 Å². The number of rotatable bonds is 4. The molecule has 100 valence electrons. The average Bonchev–Trinajstić information content (AvgIpc) is 2.86. The molecule has 0 aliphatic heterocycles. The van der Waals surface area contributed by atoms with Crippen LogP contribution in [0, 0.1) is 5.41 Å². The van der Waals surface area contributed by atoms with Crippen molar-refractivity contribution in [3.05, 3.63) is 42.2 Å². The first kappa shape index (κ1) is 13.5. The summed E-state index contributed by atoms with van der Waals surface area (Å²) in [6.07, 6.45) is 2.90. The first-order valence-electron chi connectivity index (χ1n) is 6.47. The van der Waals surface area contributed by atoms with Crippen molar-refractivity contribution in [1.29, 1.82) is 0 Å². The summed E-state index contributed by atoms with van der Waals surface area (Å²) < 4.78 is 0. The van der Waals surface area contributed by atoms with Gasteiger partial charge in [-0.25, -0.2) is 0 Å². The number of nitrogens with zero attached hydrogens (tertiary/aromatic N) is 3. The largest absolute Gasteiger partial charge is 0.292 e. The third-order valence-corrected chi connectivity index (χ3v) is 2.87. The molecule has 0 fully saturated rings. The van der Waals surface area contributed by atoms with Crippen LogP contribution in [0.3, 0.4) is 0 Å². The van der Waals surface area contributed by atoms with Crippen molar-refractivity contribution < 1.29 is 4.79 Å².